The fraction of sp³-hybridized carbons (Fsp3) is 0.643. The number of hydrogen-bond acceptors (Lipinski definition) is 6. The molecule has 0 radical (unpaired) electrons. The van der Waals surface area contributed by atoms with Gasteiger partial charge in [-0.2, -0.15) is 0 Å². The zero-order valence-corrected chi connectivity index (χ0v) is 12.0. The minimum absolute atomic E-state index is 0.295. The van der Waals surface area contributed by atoms with E-state index in [-0.39, 0.29) is 12.2 Å². The Kier molecular flexibility index (Phi) is 6.21. The van der Waals surface area contributed by atoms with Crippen LogP contribution in [0.2, 0.25) is 0 Å². The summed E-state index contributed by atoms with van der Waals surface area (Å²) in [5.74, 6) is -1.23. The lowest BCUT2D eigenvalue weighted by atomic mass is 9.89. The Morgan fingerprint density at radius 2 is 1.60 bits per heavy atom. The van der Waals surface area contributed by atoms with E-state index in [1.807, 2.05) is 0 Å². The second-order valence-electron chi connectivity index (χ2n) is 4.66. The standard InChI is InChI=1S/C14H20O6/c1-4-18-14(17)7-11-5-12(19-9(2)15)8-13(6-11)20-10(3)16/h7,12-13H,4-6,8H2,1-3H3/t12-,13-/m1/s1. The monoisotopic (exact) mass is 284 g/mol. The van der Waals surface area contributed by atoms with E-state index in [2.05, 4.69) is 0 Å². The third-order valence-electron chi connectivity index (χ3n) is 2.78. The average molecular weight is 284 g/mol. The molecule has 0 aromatic heterocycles. The molecule has 112 valence electrons. The van der Waals surface area contributed by atoms with Crippen molar-refractivity contribution in [2.45, 2.75) is 52.2 Å². The van der Waals surface area contributed by atoms with Crippen LogP contribution < -0.4 is 0 Å². The van der Waals surface area contributed by atoms with Crippen molar-refractivity contribution in [3.05, 3.63) is 11.6 Å². The molecule has 1 saturated carbocycles. The zero-order chi connectivity index (χ0) is 15.1. The molecule has 0 saturated heterocycles. The van der Waals surface area contributed by atoms with Gasteiger partial charge in [-0.3, -0.25) is 9.59 Å². The van der Waals surface area contributed by atoms with E-state index in [1.165, 1.54) is 19.9 Å². The van der Waals surface area contributed by atoms with Crippen molar-refractivity contribution >= 4 is 17.9 Å². The lowest BCUT2D eigenvalue weighted by molar-refractivity contribution is -0.154. The molecule has 0 aromatic carbocycles. The number of rotatable bonds is 4. The Labute approximate surface area is 118 Å². The van der Waals surface area contributed by atoms with Crippen LogP contribution in [-0.2, 0) is 28.6 Å². The van der Waals surface area contributed by atoms with Crippen LogP contribution in [-0.4, -0.2) is 36.7 Å². The molecule has 6 heteroatoms. The van der Waals surface area contributed by atoms with Crippen LogP contribution in [0.5, 0.6) is 0 Å². The molecule has 20 heavy (non-hydrogen) atoms. The van der Waals surface area contributed by atoms with Gasteiger partial charge >= 0.3 is 17.9 Å². The van der Waals surface area contributed by atoms with E-state index < -0.39 is 17.9 Å². The molecule has 0 unspecified atom stereocenters. The van der Waals surface area contributed by atoms with E-state index in [9.17, 15) is 14.4 Å². The highest BCUT2D eigenvalue weighted by atomic mass is 16.6. The molecule has 2 atom stereocenters. The molecule has 1 aliphatic carbocycles. The van der Waals surface area contributed by atoms with Gasteiger partial charge in [0.2, 0.25) is 0 Å². The molecule has 0 bridgehead atoms. The van der Waals surface area contributed by atoms with E-state index in [0.717, 1.165) is 5.57 Å². The van der Waals surface area contributed by atoms with Crippen molar-refractivity contribution in [1.29, 1.82) is 0 Å². The molecule has 1 rings (SSSR count). The Bertz CT molecular complexity index is 386. The molecule has 0 heterocycles. The number of ether oxygens (including phenoxy) is 3. The van der Waals surface area contributed by atoms with Crippen LogP contribution in [0.15, 0.2) is 11.6 Å². The number of hydrogen-bond donors (Lipinski definition) is 0. The number of carbonyl (C=O) groups is 3. The summed E-state index contributed by atoms with van der Waals surface area (Å²) in [4.78, 5) is 33.5. The minimum atomic E-state index is -0.437. The Morgan fingerprint density at radius 3 is 2.00 bits per heavy atom. The van der Waals surface area contributed by atoms with Gasteiger partial charge < -0.3 is 14.2 Å². The van der Waals surface area contributed by atoms with Crippen molar-refractivity contribution in [3.8, 4) is 0 Å². The second-order valence-corrected chi connectivity index (χ2v) is 4.66. The highest BCUT2D eigenvalue weighted by Crippen LogP contribution is 2.28. The predicted molar refractivity (Wildman–Crippen MR) is 69.7 cm³/mol. The molecular formula is C14H20O6. The van der Waals surface area contributed by atoms with Crippen LogP contribution in [0.1, 0.15) is 40.0 Å². The summed E-state index contributed by atoms with van der Waals surface area (Å²) in [6, 6.07) is 0. The van der Waals surface area contributed by atoms with E-state index in [0.29, 0.717) is 25.9 Å². The summed E-state index contributed by atoms with van der Waals surface area (Å²) >= 11 is 0. The highest BCUT2D eigenvalue weighted by molar-refractivity contribution is 5.82. The smallest absolute Gasteiger partial charge is 0.330 e. The molecule has 0 aromatic rings. The third-order valence-corrected chi connectivity index (χ3v) is 2.78. The van der Waals surface area contributed by atoms with E-state index >= 15 is 0 Å². The third kappa shape index (κ3) is 5.86. The molecule has 6 nitrogen and oxygen atoms in total. The molecular weight excluding hydrogens is 264 g/mol. The molecule has 1 fully saturated rings. The molecule has 1 aliphatic rings. The van der Waals surface area contributed by atoms with Crippen LogP contribution in [0, 0.1) is 0 Å². The van der Waals surface area contributed by atoms with Gasteiger partial charge in [0.25, 0.3) is 0 Å². The minimum Gasteiger partial charge on any atom is -0.463 e. The first-order valence-electron chi connectivity index (χ1n) is 6.61. The summed E-state index contributed by atoms with van der Waals surface area (Å²) < 4.78 is 15.1. The van der Waals surface area contributed by atoms with Crippen molar-refractivity contribution in [1.82, 2.24) is 0 Å². The van der Waals surface area contributed by atoms with Crippen LogP contribution in [0.4, 0.5) is 0 Å². The summed E-state index contributed by atoms with van der Waals surface area (Å²) in [6.07, 6.45) is 1.97. The van der Waals surface area contributed by atoms with Crippen molar-refractivity contribution in [2.75, 3.05) is 6.61 Å². The fourth-order valence-corrected chi connectivity index (χ4v) is 2.25. The Balaban J connectivity index is 2.75. The lowest BCUT2D eigenvalue weighted by Crippen LogP contribution is -2.32. The summed E-state index contributed by atoms with van der Waals surface area (Å²) in [6.45, 7) is 4.67. The first-order chi connectivity index (χ1) is 9.40. The molecule has 0 N–H and O–H groups in total. The van der Waals surface area contributed by atoms with Crippen molar-refractivity contribution in [2.24, 2.45) is 0 Å². The lowest BCUT2D eigenvalue weighted by Gasteiger charge is -2.30. The highest BCUT2D eigenvalue weighted by Gasteiger charge is 2.29. The summed E-state index contributed by atoms with van der Waals surface area (Å²) in [5.41, 5.74) is 0.757. The van der Waals surface area contributed by atoms with Gasteiger partial charge in [-0.05, 0) is 6.92 Å². The predicted octanol–water partition coefficient (Wildman–Crippen LogP) is 1.52. The first-order valence-corrected chi connectivity index (χ1v) is 6.61. The van der Waals surface area contributed by atoms with Crippen LogP contribution in [0.3, 0.4) is 0 Å². The van der Waals surface area contributed by atoms with Crippen LogP contribution >= 0.6 is 0 Å². The largest absolute Gasteiger partial charge is 0.463 e. The van der Waals surface area contributed by atoms with Crippen LogP contribution in [0.25, 0.3) is 0 Å². The van der Waals surface area contributed by atoms with Gasteiger partial charge in [0.05, 0.1) is 6.61 Å². The normalized spacial score (nSPS) is 21.9. The number of carbonyl (C=O) groups excluding carboxylic acids is 3. The van der Waals surface area contributed by atoms with Gasteiger partial charge in [0, 0.05) is 39.2 Å². The maximum Gasteiger partial charge on any atom is 0.330 e. The number of esters is 3. The first kappa shape index (κ1) is 16.2. The quantitative estimate of drug-likeness (QED) is 0.442. The second kappa shape index (κ2) is 7.67. The SMILES string of the molecule is CCOC(=O)C=C1C[C@@H](OC(C)=O)C[C@H](OC(C)=O)C1. The Hall–Kier alpha value is -1.85. The maximum atomic E-state index is 11.5. The van der Waals surface area contributed by atoms with Crippen molar-refractivity contribution in [3.63, 3.8) is 0 Å². The van der Waals surface area contributed by atoms with Gasteiger partial charge in [-0.25, -0.2) is 4.79 Å². The van der Waals surface area contributed by atoms with Crippen molar-refractivity contribution < 1.29 is 28.6 Å². The maximum absolute atomic E-state index is 11.5. The zero-order valence-electron chi connectivity index (χ0n) is 12.0. The van der Waals surface area contributed by atoms with Gasteiger partial charge in [0.1, 0.15) is 12.2 Å². The van der Waals surface area contributed by atoms with Gasteiger partial charge in [0.15, 0.2) is 0 Å². The van der Waals surface area contributed by atoms with Gasteiger partial charge in [-0.15, -0.1) is 0 Å². The summed E-state index contributed by atoms with van der Waals surface area (Å²) in [5, 5.41) is 0. The average Bonchev–Trinajstić information content (AvgIpc) is 2.26. The topological polar surface area (TPSA) is 78.9 Å². The van der Waals surface area contributed by atoms with E-state index in [1.54, 1.807) is 6.92 Å². The molecule has 0 spiro atoms. The van der Waals surface area contributed by atoms with Gasteiger partial charge in [-0.1, -0.05) is 5.57 Å². The molecule has 0 amide bonds. The molecule has 0 aliphatic heterocycles. The fourth-order valence-electron chi connectivity index (χ4n) is 2.25. The van der Waals surface area contributed by atoms with E-state index in [4.69, 9.17) is 14.2 Å². The summed E-state index contributed by atoms with van der Waals surface area (Å²) in [7, 11) is 0. The Morgan fingerprint density at radius 1 is 1.10 bits per heavy atom.